The molecule has 2 aliphatic heterocycles. The SMILES string of the molecule is Cl.O=Cc1n[nH]c2c1C(N1CCC(c3cc(C(F)(F)F)cc(C(F)(F)F)c3)CC1)NCC2. The summed E-state index contributed by atoms with van der Waals surface area (Å²) < 4.78 is 79.0. The fourth-order valence-electron chi connectivity index (χ4n) is 4.44. The van der Waals surface area contributed by atoms with Crippen LogP contribution in [0.2, 0.25) is 0 Å². The zero-order chi connectivity index (χ0) is 22.4. The first-order chi connectivity index (χ1) is 14.6. The fraction of sp³-hybridized carbons (Fsp3) is 0.500. The van der Waals surface area contributed by atoms with Gasteiger partial charge >= 0.3 is 12.4 Å². The number of aromatic nitrogens is 2. The van der Waals surface area contributed by atoms with E-state index in [9.17, 15) is 31.1 Å². The minimum atomic E-state index is -4.86. The van der Waals surface area contributed by atoms with Crippen molar-refractivity contribution in [1.29, 1.82) is 0 Å². The summed E-state index contributed by atoms with van der Waals surface area (Å²) in [5, 5.41) is 10.2. The van der Waals surface area contributed by atoms with Gasteiger partial charge in [0.1, 0.15) is 5.69 Å². The summed E-state index contributed by atoms with van der Waals surface area (Å²) in [4.78, 5) is 13.4. The van der Waals surface area contributed by atoms with E-state index >= 15 is 0 Å². The van der Waals surface area contributed by atoms with Gasteiger partial charge in [0, 0.05) is 37.3 Å². The minimum absolute atomic E-state index is 0. The Balaban J connectivity index is 0.00000289. The summed E-state index contributed by atoms with van der Waals surface area (Å²) in [7, 11) is 0. The average molecular weight is 483 g/mol. The third-order valence-corrected chi connectivity index (χ3v) is 5.99. The normalized spacial score (nSPS) is 20.5. The van der Waals surface area contributed by atoms with Crippen molar-refractivity contribution < 1.29 is 31.1 Å². The van der Waals surface area contributed by atoms with Crippen LogP contribution in [0.5, 0.6) is 0 Å². The first-order valence-electron chi connectivity index (χ1n) is 9.87. The van der Waals surface area contributed by atoms with E-state index in [0.29, 0.717) is 50.9 Å². The number of halogens is 7. The number of rotatable bonds is 3. The highest BCUT2D eigenvalue weighted by molar-refractivity contribution is 5.85. The summed E-state index contributed by atoms with van der Waals surface area (Å²) in [5.41, 5.74) is -0.587. The molecule has 12 heteroatoms. The van der Waals surface area contributed by atoms with Gasteiger partial charge in [0.25, 0.3) is 0 Å². The molecule has 1 unspecified atom stereocenters. The van der Waals surface area contributed by atoms with Gasteiger partial charge in [-0.3, -0.25) is 20.1 Å². The van der Waals surface area contributed by atoms with Gasteiger partial charge in [-0.2, -0.15) is 31.4 Å². The molecule has 0 spiro atoms. The molecule has 2 aromatic rings. The van der Waals surface area contributed by atoms with Gasteiger partial charge in [-0.25, -0.2) is 0 Å². The summed E-state index contributed by atoms with van der Waals surface area (Å²) in [6, 6.07) is 1.81. The molecule has 176 valence electrons. The summed E-state index contributed by atoms with van der Waals surface area (Å²) in [6.07, 6.45) is -7.81. The molecule has 3 heterocycles. The van der Waals surface area contributed by atoms with Gasteiger partial charge in [0.2, 0.25) is 0 Å². The van der Waals surface area contributed by atoms with Crippen LogP contribution in [-0.2, 0) is 18.8 Å². The van der Waals surface area contributed by atoms with Crippen LogP contribution in [0.25, 0.3) is 0 Å². The van der Waals surface area contributed by atoms with Crippen LogP contribution in [0.3, 0.4) is 0 Å². The molecule has 0 bridgehead atoms. The number of aldehydes is 1. The second-order valence-electron chi connectivity index (χ2n) is 7.88. The Labute approximate surface area is 186 Å². The quantitative estimate of drug-likeness (QED) is 0.491. The summed E-state index contributed by atoms with van der Waals surface area (Å²) in [5.74, 6) is -0.419. The molecule has 2 N–H and O–H groups in total. The van der Waals surface area contributed by atoms with Crippen LogP contribution in [0, 0.1) is 0 Å². The van der Waals surface area contributed by atoms with Crippen LogP contribution in [0.15, 0.2) is 18.2 Å². The van der Waals surface area contributed by atoms with Crippen molar-refractivity contribution in [1.82, 2.24) is 20.4 Å². The molecule has 2 aliphatic rings. The van der Waals surface area contributed by atoms with Crippen molar-refractivity contribution in [3.8, 4) is 0 Å². The zero-order valence-electron chi connectivity index (χ0n) is 16.7. The average Bonchev–Trinajstić information content (AvgIpc) is 3.16. The molecule has 4 rings (SSSR count). The van der Waals surface area contributed by atoms with Crippen molar-refractivity contribution >= 4 is 18.7 Å². The molecule has 0 aliphatic carbocycles. The van der Waals surface area contributed by atoms with Crippen molar-refractivity contribution in [3.63, 3.8) is 0 Å². The van der Waals surface area contributed by atoms with Crippen molar-refractivity contribution in [3.05, 3.63) is 51.8 Å². The van der Waals surface area contributed by atoms with E-state index < -0.39 is 29.4 Å². The first kappa shape index (κ1) is 24.5. The van der Waals surface area contributed by atoms with Gasteiger partial charge < -0.3 is 0 Å². The molecular weight excluding hydrogens is 462 g/mol. The van der Waals surface area contributed by atoms with Crippen molar-refractivity contribution in [2.45, 2.75) is 43.7 Å². The number of hydrogen-bond acceptors (Lipinski definition) is 4. The van der Waals surface area contributed by atoms with Crippen LogP contribution in [-0.4, -0.2) is 41.0 Å². The number of likely N-dealkylation sites (tertiary alicyclic amines) is 1. The molecule has 5 nitrogen and oxygen atoms in total. The van der Waals surface area contributed by atoms with E-state index in [4.69, 9.17) is 0 Å². The molecule has 1 aromatic carbocycles. The van der Waals surface area contributed by atoms with Crippen LogP contribution < -0.4 is 5.32 Å². The Kier molecular flexibility index (Phi) is 6.92. The number of aromatic amines is 1. The number of alkyl halides is 6. The lowest BCUT2D eigenvalue weighted by atomic mass is 9.86. The maximum atomic E-state index is 13.2. The third-order valence-electron chi connectivity index (χ3n) is 5.99. The Morgan fingerprint density at radius 2 is 1.59 bits per heavy atom. The van der Waals surface area contributed by atoms with E-state index in [1.54, 1.807) is 0 Å². The number of fused-ring (bicyclic) bond motifs is 1. The predicted molar refractivity (Wildman–Crippen MR) is 106 cm³/mol. The highest BCUT2D eigenvalue weighted by Crippen LogP contribution is 2.40. The standard InChI is InChI=1S/C20H20F6N4O.ClH/c21-19(22,23)13-7-12(8-14(9-13)20(24,25)26)11-2-5-30(6-3-11)18-17-15(1-4-27-18)28-29-16(17)10-31;/h7-11,18,27H,1-6H2,(H,28,29);1H. The number of nitrogens with one attached hydrogen (secondary N) is 2. The minimum Gasteiger partial charge on any atom is -0.297 e. The molecule has 1 fully saturated rings. The van der Waals surface area contributed by atoms with Gasteiger partial charge in [-0.05, 0) is 42.5 Å². The maximum Gasteiger partial charge on any atom is 0.416 e. The Morgan fingerprint density at radius 3 is 2.12 bits per heavy atom. The van der Waals surface area contributed by atoms with Gasteiger partial charge in [-0.1, -0.05) is 0 Å². The Hall–Kier alpha value is -2.11. The number of benzene rings is 1. The van der Waals surface area contributed by atoms with E-state index in [1.165, 1.54) is 0 Å². The van der Waals surface area contributed by atoms with Gasteiger partial charge in [-0.15, -0.1) is 12.4 Å². The highest BCUT2D eigenvalue weighted by Gasteiger charge is 2.38. The van der Waals surface area contributed by atoms with E-state index in [2.05, 4.69) is 20.4 Å². The van der Waals surface area contributed by atoms with Crippen LogP contribution >= 0.6 is 12.4 Å². The van der Waals surface area contributed by atoms with Gasteiger partial charge in [0.15, 0.2) is 6.29 Å². The second kappa shape index (κ2) is 9.03. The molecule has 0 saturated carbocycles. The molecule has 32 heavy (non-hydrogen) atoms. The lowest BCUT2D eigenvalue weighted by molar-refractivity contribution is -0.143. The lowest BCUT2D eigenvalue weighted by Crippen LogP contribution is -2.45. The molecule has 1 atom stereocenters. The molecular formula is C20H21ClF6N4O. The first-order valence-corrected chi connectivity index (χ1v) is 9.87. The van der Waals surface area contributed by atoms with Gasteiger partial charge in [0.05, 0.1) is 17.3 Å². The molecule has 0 amide bonds. The summed E-state index contributed by atoms with van der Waals surface area (Å²) >= 11 is 0. The fourth-order valence-corrected chi connectivity index (χ4v) is 4.44. The number of carbonyl (C=O) groups is 1. The van der Waals surface area contributed by atoms with Crippen LogP contribution in [0.4, 0.5) is 26.3 Å². The van der Waals surface area contributed by atoms with E-state index in [1.807, 2.05) is 0 Å². The molecule has 1 saturated heterocycles. The largest absolute Gasteiger partial charge is 0.416 e. The second-order valence-corrected chi connectivity index (χ2v) is 7.88. The predicted octanol–water partition coefficient (Wildman–Crippen LogP) is 4.71. The smallest absolute Gasteiger partial charge is 0.297 e. The number of carbonyl (C=O) groups excluding carboxylic acids is 1. The maximum absolute atomic E-state index is 13.2. The summed E-state index contributed by atoms with van der Waals surface area (Å²) in [6.45, 7) is 1.59. The van der Waals surface area contributed by atoms with Crippen LogP contribution in [0.1, 0.15) is 63.4 Å². The zero-order valence-corrected chi connectivity index (χ0v) is 17.5. The third kappa shape index (κ3) is 4.79. The number of nitrogens with zero attached hydrogens (tertiary/aromatic N) is 2. The number of hydrogen-bond donors (Lipinski definition) is 2. The van der Waals surface area contributed by atoms with Crippen molar-refractivity contribution in [2.24, 2.45) is 0 Å². The molecule has 1 aromatic heterocycles. The highest BCUT2D eigenvalue weighted by atomic mass is 35.5. The van der Waals surface area contributed by atoms with E-state index in [0.717, 1.165) is 23.4 Å². The molecule has 0 radical (unpaired) electrons. The Morgan fingerprint density at radius 1 is 1.00 bits per heavy atom. The number of H-pyrrole nitrogens is 1. The lowest BCUT2D eigenvalue weighted by Gasteiger charge is -2.40. The number of piperidine rings is 1. The van der Waals surface area contributed by atoms with E-state index in [-0.39, 0.29) is 30.2 Å². The van der Waals surface area contributed by atoms with Crippen molar-refractivity contribution in [2.75, 3.05) is 19.6 Å². The monoisotopic (exact) mass is 482 g/mol. The topological polar surface area (TPSA) is 61.0 Å². The Bertz CT molecular complexity index is 934.